The zero-order valence-electron chi connectivity index (χ0n) is 12.1. The molecule has 0 aliphatic carbocycles. The molecule has 0 saturated heterocycles. The first kappa shape index (κ1) is 17.7. The molecule has 0 fully saturated rings. The maximum absolute atomic E-state index is 11.1. The number of carboxylic acids is 2. The topological polar surface area (TPSA) is 74.6 Å². The van der Waals surface area contributed by atoms with Crippen molar-refractivity contribution in [3.8, 4) is 0 Å². The first-order valence-corrected chi connectivity index (χ1v) is 7.23. The normalized spacial score (nSPS) is 12.1. The number of carbonyl (C=O) groups is 2. The van der Waals surface area contributed by atoms with Crippen LogP contribution in [0.1, 0.15) is 71.6 Å². The lowest BCUT2D eigenvalue weighted by Crippen LogP contribution is -2.11. The summed E-state index contributed by atoms with van der Waals surface area (Å²) in [4.78, 5) is 22.1. The van der Waals surface area contributed by atoms with Gasteiger partial charge in [-0.2, -0.15) is 0 Å². The third kappa shape index (κ3) is 7.65. The lowest BCUT2D eigenvalue weighted by Gasteiger charge is -2.07. The molecule has 19 heavy (non-hydrogen) atoms. The average Bonchev–Trinajstić information content (AvgIpc) is 2.35. The highest BCUT2D eigenvalue weighted by molar-refractivity contribution is 5.98. The highest BCUT2D eigenvalue weighted by Gasteiger charge is 2.17. The van der Waals surface area contributed by atoms with Crippen LogP contribution in [0.5, 0.6) is 0 Å². The smallest absolute Gasteiger partial charge is 0.332 e. The minimum absolute atomic E-state index is 0.0403. The summed E-state index contributed by atoms with van der Waals surface area (Å²) in [6, 6.07) is 0. The van der Waals surface area contributed by atoms with E-state index in [1.807, 2.05) is 0 Å². The quantitative estimate of drug-likeness (QED) is 0.439. The van der Waals surface area contributed by atoms with E-state index in [2.05, 4.69) is 6.92 Å². The Morgan fingerprint density at radius 1 is 0.737 bits per heavy atom. The first-order valence-electron chi connectivity index (χ1n) is 7.23. The Morgan fingerprint density at radius 2 is 1.21 bits per heavy atom. The third-order valence-electron chi connectivity index (χ3n) is 3.26. The second kappa shape index (κ2) is 10.6. The zero-order chi connectivity index (χ0) is 14.7. The highest BCUT2D eigenvalue weighted by Crippen LogP contribution is 2.18. The molecular weight excluding hydrogens is 244 g/mol. The summed E-state index contributed by atoms with van der Waals surface area (Å²) in [5, 5.41) is 18.0. The predicted molar refractivity (Wildman–Crippen MR) is 75.2 cm³/mol. The molecule has 0 saturated carbocycles. The second-order valence-electron chi connectivity index (χ2n) is 4.79. The van der Waals surface area contributed by atoms with Crippen LogP contribution in [-0.2, 0) is 9.59 Å². The van der Waals surface area contributed by atoms with Crippen molar-refractivity contribution in [2.75, 3.05) is 0 Å². The van der Waals surface area contributed by atoms with Crippen LogP contribution in [-0.4, -0.2) is 22.2 Å². The Labute approximate surface area is 115 Å². The molecule has 4 heteroatoms. The molecule has 0 aromatic carbocycles. The molecule has 0 atom stereocenters. The van der Waals surface area contributed by atoms with Crippen LogP contribution in [0.4, 0.5) is 0 Å². The van der Waals surface area contributed by atoms with Gasteiger partial charge in [-0.25, -0.2) is 9.59 Å². The van der Waals surface area contributed by atoms with E-state index in [0.29, 0.717) is 6.42 Å². The van der Waals surface area contributed by atoms with Crippen molar-refractivity contribution < 1.29 is 19.8 Å². The second-order valence-corrected chi connectivity index (χ2v) is 4.79. The van der Waals surface area contributed by atoms with Gasteiger partial charge in [-0.05, 0) is 19.3 Å². The van der Waals surface area contributed by atoms with E-state index in [9.17, 15) is 9.59 Å². The molecule has 4 nitrogen and oxygen atoms in total. The van der Waals surface area contributed by atoms with Crippen molar-refractivity contribution in [2.45, 2.75) is 71.6 Å². The number of rotatable bonds is 11. The molecule has 0 heterocycles. The number of unbranched alkanes of at least 4 members (excludes halogenated alkanes) is 6. The Kier molecular flexibility index (Phi) is 9.85. The Balaban J connectivity index is 4.17. The van der Waals surface area contributed by atoms with Gasteiger partial charge in [-0.15, -0.1) is 0 Å². The standard InChI is InChI=1S/C15H26O4/c1-3-5-6-7-8-9-10-11-13(15(18)19)12(4-2)14(16)17/h3-11H2,1-2H3,(H,16,17)(H,18,19)/b13-12-. The summed E-state index contributed by atoms with van der Waals surface area (Å²) in [6.07, 6.45) is 8.31. The molecular formula is C15H26O4. The van der Waals surface area contributed by atoms with Crippen LogP contribution in [0.2, 0.25) is 0 Å². The van der Waals surface area contributed by atoms with Crippen LogP contribution >= 0.6 is 0 Å². The predicted octanol–water partition coefficient (Wildman–Crippen LogP) is 4.00. The van der Waals surface area contributed by atoms with E-state index < -0.39 is 11.9 Å². The average molecular weight is 270 g/mol. The Bertz CT molecular complexity index is 318. The van der Waals surface area contributed by atoms with Gasteiger partial charge in [0.2, 0.25) is 0 Å². The monoisotopic (exact) mass is 270 g/mol. The van der Waals surface area contributed by atoms with Crippen LogP contribution in [0.25, 0.3) is 0 Å². The van der Waals surface area contributed by atoms with E-state index in [1.54, 1.807) is 6.92 Å². The minimum Gasteiger partial charge on any atom is -0.478 e. The third-order valence-corrected chi connectivity index (χ3v) is 3.26. The van der Waals surface area contributed by atoms with Gasteiger partial charge in [0.1, 0.15) is 0 Å². The lowest BCUT2D eigenvalue weighted by molar-refractivity contribution is -0.136. The molecule has 0 spiro atoms. The molecule has 0 unspecified atom stereocenters. The van der Waals surface area contributed by atoms with Gasteiger partial charge >= 0.3 is 11.9 Å². The molecule has 110 valence electrons. The molecule has 0 radical (unpaired) electrons. The van der Waals surface area contributed by atoms with Crippen molar-refractivity contribution in [1.29, 1.82) is 0 Å². The molecule has 0 aromatic heterocycles. The molecule has 0 rings (SSSR count). The molecule has 2 N–H and O–H groups in total. The molecule has 0 aliphatic heterocycles. The van der Waals surface area contributed by atoms with Crippen LogP contribution in [0.3, 0.4) is 0 Å². The van der Waals surface area contributed by atoms with Crippen molar-refractivity contribution >= 4 is 11.9 Å². The number of aliphatic carboxylic acids is 2. The molecule has 0 aromatic rings. The fraction of sp³-hybridized carbons (Fsp3) is 0.733. The van der Waals surface area contributed by atoms with Crippen LogP contribution in [0.15, 0.2) is 11.1 Å². The van der Waals surface area contributed by atoms with Crippen LogP contribution in [0, 0.1) is 0 Å². The SMILES string of the molecule is CCCCCCCCC/C(C(=O)O)=C(\CC)C(=O)O. The Morgan fingerprint density at radius 3 is 1.63 bits per heavy atom. The fourth-order valence-electron chi connectivity index (χ4n) is 2.14. The zero-order valence-corrected chi connectivity index (χ0v) is 12.1. The molecule has 0 bridgehead atoms. The number of hydrogen-bond donors (Lipinski definition) is 2. The van der Waals surface area contributed by atoms with Crippen molar-refractivity contribution in [3.05, 3.63) is 11.1 Å². The summed E-state index contributed by atoms with van der Waals surface area (Å²) in [5.74, 6) is -2.20. The van der Waals surface area contributed by atoms with E-state index in [0.717, 1.165) is 19.3 Å². The van der Waals surface area contributed by atoms with Gasteiger partial charge in [0.15, 0.2) is 0 Å². The maximum atomic E-state index is 11.1. The minimum atomic E-state index is -1.11. The highest BCUT2D eigenvalue weighted by atomic mass is 16.4. The van der Waals surface area contributed by atoms with E-state index in [1.165, 1.54) is 25.7 Å². The first-order chi connectivity index (χ1) is 9.04. The van der Waals surface area contributed by atoms with Crippen molar-refractivity contribution in [2.24, 2.45) is 0 Å². The number of carboxylic acid groups (broad SMARTS) is 2. The summed E-state index contributed by atoms with van der Waals surface area (Å²) in [6.45, 7) is 3.85. The summed E-state index contributed by atoms with van der Waals surface area (Å²) >= 11 is 0. The van der Waals surface area contributed by atoms with Crippen LogP contribution < -0.4 is 0 Å². The van der Waals surface area contributed by atoms with Crippen molar-refractivity contribution in [3.63, 3.8) is 0 Å². The summed E-state index contributed by atoms with van der Waals surface area (Å²) in [5.41, 5.74) is 0.113. The van der Waals surface area contributed by atoms with E-state index >= 15 is 0 Å². The summed E-state index contributed by atoms with van der Waals surface area (Å²) in [7, 11) is 0. The van der Waals surface area contributed by atoms with Gasteiger partial charge in [0.25, 0.3) is 0 Å². The van der Waals surface area contributed by atoms with Crippen molar-refractivity contribution in [1.82, 2.24) is 0 Å². The number of hydrogen-bond acceptors (Lipinski definition) is 2. The van der Waals surface area contributed by atoms with Gasteiger partial charge in [0.05, 0.1) is 0 Å². The van der Waals surface area contributed by atoms with Gasteiger partial charge in [-0.3, -0.25) is 0 Å². The summed E-state index contributed by atoms with van der Waals surface area (Å²) < 4.78 is 0. The van der Waals surface area contributed by atoms with Gasteiger partial charge in [-0.1, -0.05) is 52.4 Å². The Hall–Kier alpha value is -1.32. The fourth-order valence-corrected chi connectivity index (χ4v) is 2.14. The van der Waals surface area contributed by atoms with Gasteiger partial charge < -0.3 is 10.2 Å². The molecule has 0 amide bonds. The largest absolute Gasteiger partial charge is 0.478 e. The van der Waals surface area contributed by atoms with E-state index in [4.69, 9.17) is 10.2 Å². The van der Waals surface area contributed by atoms with E-state index in [-0.39, 0.29) is 17.6 Å². The molecule has 0 aliphatic rings. The maximum Gasteiger partial charge on any atom is 0.332 e. The lowest BCUT2D eigenvalue weighted by atomic mass is 9.99. The van der Waals surface area contributed by atoms with Gasteiger partial charge in [0, 0.05) is 11.1 Å².